The van der Waals surface area contributed by atoms with Gasteiger partial charge in [-0.05, 0) is 25.7 Å². The fourth-order valence-corrected chi connectivity index (χ4v) is 2.14. The summed E-state index contributed by atoms with van der Waals surface area (Å²) in [6.07, 6.45) is 5.06. The number of amides is 1. The summed E-state index contributed by atoms with van der Waals surface area (Å²) in [7, 11) is 0. The highest BCUT2D eigenvalue weighted by Gasteiger charge is 2.31. The highest BCUT2D eigenvalue weighted by Crippen LogP contribution is 2.29. The maximum atomic E-state index is 10.8. The van der Waals surface area contributed by atoms with Crippen LogP contribution in [0.3, 0.4) is 0 Å². The molecule has 1 saturated heterocycles. The number of nitrogens with one attached hydrogen (secondary N) is 1. The van der Waals surface area contributed by atoms with E-state index in [4.69, 9.17) is 0 Å². The van der Waals surface area contributed by atoms with Crippen molar-refractivity contribution >= 4 is 5.91 Å². The number of nitrogens with zero attached hydrogens (tertiary/aromatic N) is 1. The second kappa shape index (κ2) is 3.66. The van der Waals surface area contributed by atoms with Gasteiger partial charge < -0.3 is 10.2 Å². The molecule has 0 aromatic carbocycles. The Morgan fingerprint density at radius 1 is 1.23 bits per heavy atom. The first-order valence-corrected chi connectivity index (χ1v) is 5.27. The van der Waals surface area contributed by atoms with Gasteiger partial charge >= 0.3 is 0 Å². The van der Waals surface area contributed by atoms with E-state index in [1.807, 2.05) is 0 Å². The average Bonchev–Trinajstić information content (AvgIpc) is 2.87. The third kappa shape index (κ3) is 2.44. The summed E-state index contributed by atoms with van der Waals surface area (Å²) in [6, 6.07) is 1.32. The lowest BCUT2D eigenvalue weighted by Crippen LogP contribution is -2.44. The molecule has 2 aliphatic rings. The van der Waals surface area contributed by atoms with Gasteiger partial charge in [-0.25, -0.2) is 0 Å². The Morgan fingerprint density at radius 2 is 1.85 bits per heavy atom. The van der Waals surface area contributed by atoms with Crippen molar-refractivity contribution in [3.8, 4) is 0 Å². The van der Waals surface area contributed by atoms with E-state index in [9.17, 15) is 4.79 Å². The molecule has 1 aliphatic heterocycles. The Kier molecular flexibility index (Phi) is 2.54. The number of piperidine rings is 1. The van der Waals surface area contributed by atoms with Crippen LogP contribution in [0.15, 0.2) is 0 Å². The van der Waals surface area contributed by atoms with Gasteiger partial charge in [0, 0.05) is 32.1 Å². The van der Waals surface area contributed by atoms with Gasteiger partial charge in [-0.1, -0.05) is 0 Å². The van der Waals surface area contributed by atoms with Crippen molar-refractivity contribution in [3.05, 3.63) is 0 Å². The van der Waals surface area contributed by atoms with Crippen LogP contribution in [0.25, 0.3) is 0 Å². The fourth-order valence-electron chi connectivity index (χ4n) is 2.14. The van der Waals surface area contributed by atoms with Crippen LogP contribution in [0.2, 0.25) is 0 Å². The third-order valence-electron chi connectivity index (χ3n) is 3.00. The number of rotatable bonds is 2. The molecule has 0 aromatic heterocycles. The molecule has 0 spiro atoms. The third-order valence-corrected chi connectivity index (χ3v) is 3.00. The van der Waals surface area contributed by atoms with Crippen LogP contribution in [-0.4, -0.2) is 36.0 Å². The highest BCUT2D eigenvalue weighted by molar-refractivity contribution is 5.73. The smallest absolute Gasteiger partial charge is 0.217 e. The highest BCUT2D eigenvalue weighted by atomic mass is 16.1. The monoisotopic (exact) mass is 182 g/mol. The quantitative estimate of drug-likeness (QED) is 0.683. The van der Waals surface area contributed by atoms with Crippen molar-refractivity contribution in [2.45, 2.75) is 44.7 Å². The molecule has 1 N–H and O–H groups in total. The first-order chi connectivity index (χ1) is 6.25. The molecule has 0 bridgehead atoms. The van der Waals surface area contributed by atoms with Gasteiger partial charge in [-0.3, -0.25) is 4.79 Å². The zero-order valence-corrected chi connectivity index (χ0v) is 8.25. The van der Waals surface area contributed by atoms with Crippen molar-refractivity contribution in [3.63, 3.8) is 0 Å². The zero-order valence-electron chi connectivity index (χ0n) is 8.25. The van der Waals surface area contributed by atoms with Crippen LogP contribution in [0, 0.1) is 0 Å². The molecule has 1 saturated carbocycles. The number of carbonyl (C=O) groups excluding carboxylic acids is 1. The summed E-state index contributed by atoms with van der Waals surface area (Å²) in [5.41, 5.74) is 0. The lowest BCUT2D eigenvalue weighted by Gasteiger charge is -2.32. The molecule has 2 rings (SSSR count). The van der Waals surface area contributed by atoms with Crippen LogP contribution in [0.4, 0.5) is 0 Å². The van der Waals surface area contributed by atoms with E-state index >= 15 is 0 Å². The average molecular weight is 182 g/mol. The minimum atomic E-state index is 0.116. The van der Waals surface area contributed by atoms with Crippen molar-refractivity contribution in [2.24, 2.45) is 0 Å². The minimum Gasteiger partial charge on any atom is -0.354 e. The second-order valence-corrected chi connectivity index (χ2v) is 4.24. The van der Waals surface area contributed by atoms with Crippen molar-refractivity contribution in [1.29, 1.82) is 0 Å². The maximum Gasteiger partial charge on any atom is 0.217 e. The first kappa shape index (κ1) is 9.00. The van der Waals surface area contributed by atoms with Crippen LogP contribution in [0.5, 0.6) is 0 Å². The van der Waals surface area contributed by atoms with E-state index in [-0.39, 0.29) is 5.91 Å². The standard InChI is InChI=1S/C10H18N2O/c1-8(13)11-9-4-6-12(7-5-9)10-2-3-10/h9-10H,2-7H2,1H3,(H,11,13). The molecular formula is C10H18N2O. The number of carbonyl (C=O) groups is 1. The molecule has 74 valence electrons. The molecule has 3 heteroatoms. The first-order valence-electron chi connectivity index (χ1n) is 5.27. The van der Waals surface area contributed by atoms with Gasteiger partial charge in [0.1, 0.15) is 0 Å². The molecule has 0 atom stereocenters. The van der Waals surface area contributed by atoms with Gasteiger partial charge in [0.25, 0.3) is 0 Å². The summed E-state index contributed by atoms with van der Waals surface area (Å²) >= 11 is 0. The molecule has 0 radical (unpaired) electrons. The Balaban J connectivity index is 1.72. The number of hydrogen-bond acceptors (Lipinski definition) is 2. The molecule has 1 amide bonds. The molecular weight excluding hydrogens is 164 g/mol. The molecule has 0 aromatic rings. The van der Waals surface area contributed by atoms with Gasteiger partial charge in [-0.15, -0.1) is 0 Å². The summed E-state index contributed by atoms with van der Waals surface area (Å²) in [6.45, 7) is 3.96. The summed E-state index contributed by atoms with van der Waals surface area (Å²) in [5, 5.41) is 3.00. The molecule has 1 aliphatic carbocycles. The minimum absolute atomic E-state index is 0.116. The van der Waals surface area contributed by atoms with Gasteiger partial charge in [-0.2, -0.15) is 0 Å². The number of likely N-dealkylation sites (tertiary alicyclic amines) is 1. The molecule has 13 heavy (non-hydrogen) atoms. The lowest BCUT2D eigenvalue weighted by atomic mass is 10.1. The Hall–Kier alpha value is -0.570. The normalized spacial score (nSPS) is 25.9. The maximum absolute atomic E-state index is 10.8. The fraction of sp³-hybridized carbons (Fsp3) is 0.900. The van der Waals surface area contributed by atoms with E-state index in [0.717, 1.165) is 18.9 Å². The summed E-state index contributed by atoms with van der Waals surface area (Å²) in [4.78, 5) is 13.4. The van der Waals surface area contributed by atoms with Crippen molar-refractivity contribution in [1.82, 2.24) is 10.2 Å². The summed E-state index contributed by atoms with van der Waals surface area (Å²) < 4.78 is 0. The van der Waals surface area contributed by atoms with E-state index in [0.29, 0.717) is 6.04 Å². The Labute approximate surface area is 79.5 Å². The van der Waals surface area contributed by atoms with Gasteiger partial charge in [0.05, 0.1) is 0 Å². The van der Waals surface area contributed by atoms with E-state index in [1.54, 1.807) is 6.92 Å². The van der Waals surface area contributed by atoms with Crippen LogP contribution >= 0.6 is 0 Å². The van der Waals surface area contributed by atoms with Crippen LogP contribution in [-0.2, 0) is 4.79 Å². The molecule has 3 nitrogen and oxygen atoms in total. The largest absolute Gasteiger partial charge is 0.354 e. The predicted octanol–water partition coefficient (Wildman–Crippen LogP) is 0.749. The van der Waals surface area contributed by atoms with E-state index in [2.05, 4.69) is 10.2 Å². The predicted molar refractivity (Wildman–Crippen MR) is 51.4 cm³/mol. The summed E-state index contributed by atoms with van der Waals surface area (Å²) in [5.74, 6) is 0.116. The number of hydrogen-bond donors (Lipinski definition) is 1. The Morgan fingerprint density at radius 3 is 2.31 bits per heavy atom. The Bertz CT molecular complexity index is 193. The SMILES string of the molecule is CC(=O)NC1CCN(C2CC2)CC1. The molecule has 1 heterocycles. The zero-order chi connectivity index (χ0) is 9.26. The molecule has 0 unspecified atom stereocenters. The topological polar surface area (TPSA) is 32.3 Å². The van der Waals surface area contributed by atoms with Crippen LogP contribution in [0.1, 0.15) is 32.6 Å². The lowest BCUT2D eigenvalue weighted by molar-refractivity contribution is -0.119. The van der Waals surface area contributed by atoms with E-state index in [1.165, 1.54) is 25.9 Å². The second-order valence-electron chi connectivity index (χ2n) is 4.24. The van der Waals surface area contributed by atoms with Crippen molar-refractivity contribution < 1.29 is 4.79 Å². The van der Waals surface area contributed by atoms with Gasteiger partial charge in [0.15, 0.2) is 0 Å². The van der Waals surface area contributed by atoms with E-state index < -0.39 is 0 Å². The van der Waals surface area contributed by atoms with Gasteiger partial charge in [0.2, 0.25) is 5.91 Å². The molecule has 2 fully saturated rings. The van der Waals surface area contributed by atoms with Crippen molar-refractivity contribution in [2.75, 3.05) is 13.1 Å². The van der Waals surface area contributed by atoms with Crippen LogP contribution < -0.4 is 5.32 Å².